The molecule has 0 amide bonds. The summed E-state index contributed by atoms with van der Waals surface area (Å²) in [5, 5.41) is 1.77. The van der Waals surface area contributed by atoms with E-state index in [4.69, 9.17) is 10.5 Å². The van der Waals surface area contributed by atoms with Crippen LogP contribution < -0.4 is 10.5 Å². The minimum atomic E-state index is -0.442. The molecule has 1 heterocycles. The minimum Gasteiger partial charge on any atom is -0.435 e. The number of rotatable bonds is 3. The van der Waals surface area contributed by atoms with Crippen LogP contribution in [0.1, 0.15) is 5.69 Å². The molecule has 3 nitrogen and oxygen atoms in total. The number of hydrogen-bond acceptors (Lipinski definition) is 3. The van der Waals surface area contributed by atoms with Crippen molar-refractivity contribution in [2.24, 2.45) is 5.73 Å². The third-order valence-electron chi connectivity index (χ3n) is 3.07. The third-order valence-corrected chi connectivity index (χ3v) is 3.56. The predicted molar refractivity (Wildman–Crippen MR) is 83.8 cm³/mol. The molecular weight excluding hydrogens is 335 g/mol. The lowest BCUT2D eigenvalue weighted by molar-refractivity contribution is 0.430. The SMILES string of the molecule is NCc1cc2ccccc2c(Oc2cc(Br)ccc2F)n1. The zero-order valence-corrected chi connectivity index (χ0v) is 12.6. The molecule has 3 aromatic rings. The van der Waals surface area contributed by atoms with Crippen molar-refractivity contribution in [2.45, 2.75) is 6.54 Å². The number of ether oxygens (including phenoxy) is 1. The van der Waals surface area contributed by atoms with E-state index in [2.05, 4.69) is 20.9 Å². The van der Waals surface area contributed by atoms with Crippen molar-refractivity contribution in [3.63, 3.8) is 0 Å². The van der Waals surface area contributed by atoms with Gasteiger partial charge in [-0.2, -0.15) is 0 Å². The topological polar surface area (TPSA) is 48.1 Å². The molecule has 1 aromatic heterocycles. The van der Waals surface area contributed by atoms with Gasteiger partial charge in [-0.3, -0.25) is 0 Å². The monoisotopic (exact) mass is 346 g/mol. The molecule has 5 heteroatoms. The summed E-state index contributed by atoms with van der Waals surface area (Å²) in [4.78, 5) is 4.36. The Labute approximate surface area is 129 Å². The average Bonchev–Trinajstić information content (AvgIpc) is 2.50. The lowest BCUT2D eigenvalue weighted by atomic mass is 10.1. The van der Waals surface area contributed by atoms with Crippen molar-refractivity contribution in [3.05, 3.63) is 64.5 Å². The molecule has 0 unspecified atom stereocenters. The summed E-state index contributed by atoms with van der Waals surface area (Å²) in [7, 11) is 0. The molecule has 0 aliphatic heterocycles. The summed E-state index contributed by atoms with van der Waals surface area (Å²) in [5.74, 6) is 0.0315. The smallest absolute Gasteiger partial charge is 0.227 e. The lowest BCUT2D eigenvalue weighted by Gasteiger charge is -2.11. The maximum Gasteiger partial charge on any atom is 0.227 e. The van der Waals surface area contributed by atoms with E-state index in [0.29, 0.717) is 18.1 Å². The van der Waals surface area contributed by atoms with Crippen LogP contribution in [-0.4, -0.2) is 4.98 Å². The normalized spacial score (nSPS) is 10.8. The van der Waals surface area contributed by atoms with Crippen molar-refractivity contribution in [3.8, 4) is 11.6 Å². The molecular formula is C16H12BrFN2O. The highest BCUT2D eigenvalue weighted by molar-refractivity contribution is 9.10. The number of benzene rings is 2. The van der Waals surface area contributed by atoms with E-state index in [-0.39, 0.29) is 5.75 Å². The summed E-state index contributed by atoms with van der Waals surface area (Å²) < 4.78 is 20.2. The predicted octanol–water partition coefficient (Wildman–Crippen LogP) is 4.39. The molecule has 0 saturated carbocycles. The summed E-state index contributed by atoms with van der Waals surface area (Å²) >= 11 is 3.30. The lowest BCUT2D eigenvalue weighted by Crippen LogP contribution is -2.01. The molecule has 0 atom stereocenters. The van der Waals surface area contributed by atoms with Crippen molar-refractivity contribution < 1.29 is 9.13 Å². The van der Waals surface area contributed by atoms with Gasteiger partial charge in [-0.1, -0.05) is 34.1 Å². The van der Waals surface area contributed by atoms with E-state index in [1.807, 2.05) is 30.3 Å². The van der Waals surface area contributed by atoms with Crippen LogP contribution in [0.5, 0.6) is 11.6 Å². The zero-order chi connectivity index (χ0) is 14.8. The molecule has 0 spiro atoms. The maximum atomic E-state index is 13.8. The molecule has 2 N–H and O–H groups in total. The Morgan fingerprint density at radius 3 is 2.76 bits per heavy atom. The van der Waals surface area contributed by atoms with Crippen LogP contribution in [-0.2, 0) is 6.54 Å². The Morgan fingerprint density at radius 2 is 1.95 bits per heavy atom. The first-order valence-corrected chi connectivity index (χ1v) is 7.18. The van der Waals surface area contributed by atoms with Crippen LogP contribution in [0.3, 0.4) is 0 Å². The summed E-state index contributed by atoms with van der Waals surface area (Å²) in [6.07, 6.45) is 0. The number of aromatic nitrogens is 1. The first-order valence-electron chi connectivity index (χ1n) is 6.39. The Hall–Kier alpha value is -1.98. The minimum absolute atomic E-state index is 0.121. The number of fused-ring (bicyclic) bond motifs is 1. The van der Waals surface area contributed by atoms with Gasteiger partial charge in [0.2, 0.25) is 5.88 Å². The van der Waals surface area contributed by atoms with E-state index in [0.717, 1.165) is 15.2 Å². The molecule has 0 bridgehead atoms. The zero-order valence-electron chi connectivity index (χ0n) is 11.0. The largest absolute Gasteiger partial charge is 0.435 e. The van der Waals surface area contributed by atoms with Gasteiger partial charge in [-0.05, 0) is 35.7 Å². The Kier molecular flexibility index (Phi) is 3.86. The molecule has 0 aliphatic carbocycles. The van der Waals surface area contributed by atoms with Gasteiger partial charge in [0.25, 0.3) is 0 Å². The van der Waals surface area contributed by atoms with Gasteiger partial charge in [0.05, 0.1) is 5.69 Å². The molecule has 0 aliphatic rings. The highest BCUT2D eigenvalue weighted by atomic mass is 79.9. The Bertz CT molecular complexity index is 807. The standard InChI is InChI=1S/C16H12BrFN2O/c17-11-5-6-14(18)15(8-11)21-16-13-4-2-1-3-10(13)7-12(9-19)20-16/h1-8H,9,19H2. The highest BCUT2D eigenvalue weighted by Crippen LogP contribution is 2.31. The molecule has 106 valence electrons. The fourth-order valence-corrected chi connectivity index (χ4v) is 2.40. The molecule has 3 rings (SSSR count). The van der Waals surface area contributed by atoms with Crippen molar-refractivity contribution >= 4 is 26.7 Å². The van der Waals surface area contributed by atoms with Crippen LogP contribution in [0.25, 0.3) is 10.8 Å². The van der Waals surface area contributed by atoms with Crippen LogP contribution in [0.4, 0.5) is 4.39 Å². The van der Waals surface area contributed by atoms with Gasteiger partial charge in [-0.25, -0.2) is 9.37 Å². The maximum absolute atomic E-state index is 13.8. The number of nitrogens with two attached hydrogens (primary N) is 1. The summed E-state index contributed by atoms with van der Waals surface area (Å²) in [5.41, 5.74) is 6.35. The van der Waals surface area contributed by atoms with Crippen molar-refractivity contribution in [2.75, 3.05) is 0 Å². The van der Waals surface area contributed by atoms with Gasteiger partial charge in [0, 0.05) is 16.4 Å². The third kappa shape index (κ3) is 2.89. The van der Waals surface area contributed by atoms with Crippen LogP contribution in [0.2, 0.25) is 0 Å². The van der Waals surface area contributed by atoms with Gasteiger partial charge in [-0.15, -0.1) is 0 Å². The highest BCUT2D eigenvalue weighted by Gasteiger charge is 2.11. The van der Waals surface area contributed by atoms with Crippen molar-refractivity contribution in [1.29, 1.82) is 0 Å². The summed E-state index contributed by atoms with van der Waals surface area (Å²) in [6, 6.07) is 14.1. The Balaban J connectivity index is 2.13. The van der Waals surface area contributed by atoms with Gasteiger partial charge in [0.15, 0.2) is 11.6 Å². The molecule has 2 aromatic carbocycles. The number of hydrogen-bond donors (Lipinski definition) is 1. The van der Waals surface area contributed by atoms with E-state index in [1.165, 1.54) is 6.07 Å². The molecule has 21 heavy (non-hydrogen) atoms. The average molecular weight is 347 g/mol. The number of halogens is 2. The Morgan fingerprint density at radius 1 is 1.14 bits per heavy atom. The first-order chi connectivity index (χ1) is 10.2. The second-order valence-electron chi connectivity index (χ2n) is 4.52. The molecule has 0 fully saturated rings. The van der Waals surface area contributed by atoms with Crippen LogP contribution >= 0.6 is 15.9 Å². The summed E-state index contributed by atoms with van der Waals surface area (Å²) in [6.45, 7) is 0.294. The first kappa shape index (κ1) is 14.0. The fraction of sp³-hybridized carbons (Fsp3) is 0.0625. The van der Waals surface area contributed by atoms with Gasteiger partial charge in [0.1, 0.15) is 0 Å². The van der Waals surface area contributed by atoms with E-state index < -0.39 is 5.82 Å². The van der Waals surface area contributed by atoms with E-state index >= 15 is 0 Å². The molecule has 0 radical (unpaired) electrons. The van der Waals surface area contributed by atoms with E-state index in [9.17, 15) is 4.39 Å². The van der Waals surface area contributed by atoms with Gasteiger partial charge >= 0.3 is 0 Å². The second kappa shape index (κ2) is 5.79. The van der Waals surface area contributed by atoms with Crippen LogP contribution in [0, 0.1) is 5.82 Å². The molecule has 0 saturated heterocycles. The van der Waals surface area contributed by atoms with Crippen molar-refractivity contribution in [1.82, 2.24) is 4.98 Å². The second-order valence-corrected chi connectivity index (χ2v) is 5.44. The quantitative estimate of drug-likeness (QED) is 0.765. The van der Waals surface area contributed by atoms with Crippen LogP contribution in [0.15, 0.2) is 53.0 Å². The number of pyridine rings is 1. The van der Waals surface area contributed by atoms with Gasteiger partial charge < -0.3 is 10.5 Å². The number of nitrogens with zero attached hydrogens (tertiary/aromatic N) is 1. The van der Waals surface area contributed by atoms with E-state index in [1.54, 1.807) is 12.1 Å². The fourth-order valence-electron chi connectivity index (χ4n) is 2.06.